The average molecular weight is 362 g/mol. The van der Waals surface area contributed by atoms with Gasteiger partial charge in [-0.15, -0.1) is 11.3 Å². The van der Waals surface area contributed by atoms with Gasteiger partial charge in [0.2, 0.25) is 0 Å². The maximum Gasteiger partial charge on any atom is 0.255 e. The lowest BCUT2D eigenvalue weighted by atomic mass is 10.1. The van der Waals surface area contributed by atoms with E-state index in [1.807, 2.05) is 6.92 Å². The third-order valence-corrected chi connectivity index (χ3v) is 4.50. The lowest BCUT2D eigenvalue weighted by molar-refractivity contribution is -0.119. The van der Waals surface area contributed by atoms with Crippen molar-refractivity contribution in [2.45, 2.75) is 26.3 Å². The topological polar surface area (TPSA) is 90.7 Å². The summed E-state index contributed by atoms with van der Waals surface area (Å²) in [5, 5.41) is 2.97. The van der Waals surface area contributed by atoms with Gasteiger partial charge >= 0.3 is 0 Å². The minimum absolute atomic E-state index is 0.00216. The van der Waals surface area contributed by atoms with Crippen molar-refractivity contribution < 1.29 is 19.1 Å². The Bertz CT molecular complexity index is 757. The number of thiophene rings is 1. The molecule has 0 aliphatic carbocycles. The molecule has 25 heavy (non-hydrogen) atoms. The highest BCUT2D eigenvalue weighted by Crippen LogP contribution is 2.28. The SMILES string of the molecule is COc1cc(C(=O)NC(C)Cc2ccc(C)s2)ccc1OCC(N)=O. The zero-order valence-electron chi connectivity index (χ0n) is 14.5. The Morgan fingerprint density at radius 2 is 2.00 bits per heavy atom. The van der Waals surface area contributed by atoms with Gasteiger partial charge < -0.3 is 20.5 Å². The van der Waals surface area contributed by atoms with Gasteiger partial charge in [0, 0.05) is 27.8 Å². The first-order valence-electron chi connectivity index (χ1n) is 7.84. The van der Waals surface area contributed by atoms with Crippen molar-refractivity contribution >= 4 is 23.2 Å². The monoisotopic (exact) mass is 362 g/mol. The predicted molar refractivity (Wildman–Crippen MR) is 97.4 cm³/mol. The van der Waals surface area contributed by atoms with Crippen LogP contribution in [-0.4, -0.2) is 31.6 Å². The summed E-state index contributed by atoms with van der Waals surface area (Å²) in [5.41, 5.74) is 5.52. The van der Waals surface area contributed by atoms with Gasteiger partial charge in [-0.2, -0.15) is 0 Å². The van der Waals surface area contributed by atoms with Crippen LogP contribution >= 0.6 is 11.3 Å². The Balaban J connectivity index is 2.01. The van der Waals surface area contributed by atoms with Crippen LogP contribution in [0.2, 0.25) is 0 Å². The summed E-state index contributed by atoms with van der Waals surface area (Å²) in [7, 11) is 1.47. The van der Waals surface area contributed by atoms with Crippen molar-refractivity contribution in [3.05, 3.63) is 45.6 Å². The van der Waals surface area contributed by atoms with E-state index < -0.39 is 5.91 Å². The summed E-state index contributed by atoms with van der Waals surface area (Å²) in [6.07, 6.45) is 0.779. The molecule has 134 valence electrons. The number of primary amides is 1. The van der Waals surface area contributed by atoms with Gasteiger partial charge in [-0.05, 0) is 44.2 Å². The summed E-state index contributed by atoms with van der Waals surface area (Å²) in [6.45, 7) is 3.78. The first kappa shape index (κ1) is 18.8. The maximum absolute atomic E-state index is 12.4. The minimum atomic E-state index is -0.582. The molecule has 2 amide bonds. The summed E-state index contributed by atoms with van der Waals surface area (Å²) in [5.74, 6) is -0.0440. The highest BCUT2D eigenvalue weighted by atomic mass is 32.1. The van der Waals surface area contributed by atoms with Crippen molar-refractivity contribution in [2.75, 3.05) is 13.7 Å². The molecule has 0 spiro atoms. The second-order valence-corrected chi connectivity index (χ2v) is 7.08. The lowest BCUT2D eigenvalue weighted by Crippen LogP contribution is -2.33. The number of hydrogen-bond donors (Lipinski definition) is 2. The minimum Gasteiger partial charge on any atom is -0.493 e. The molecule has 1 aromatic heterocycles. The largest absolute Gasteiger partial charge is 0.493 e. The van der Waals surface area contributed by atoms with Crippen LogP contribution in [0.4, 0.5) is 0 Å². The van der Waals surface area contributed by atoms with E-state index in [-0.39, 0.29) is 18.6 Å². The van der Waals surface area contributed by atoms with E-state index in [2.05, 4.69) is 24.4 Å². The Morgan fingerprint density at radius 1 is 1.24 bits per heavy atom. The number of nitrogens with two attached hydrogens (primary N) is 1. The van der Waals surface area contributed by atoms with Crippen molar-refractivity contribution in [1.82, 2.24) is 5.32 Å². The molecule has 0 fully saturated rings. The Hall–Kier alpha value is -2.54. The molecule has 1 atom stereocenters. The Kier molecular flexibility index (Phi) is 6.41. The van der Waals surface area contributed by atoms with Crippen LogP contribution in [0, 0.1) is 6.92 Å². The quantitative estimate of drug-likeness (QED) is 0.754. The molecule has 1 unspecified atom stereocenters. The van der Waals surface area contributed by atoms with Crippen LogP contribution in [0.1, 0.15) is 27.0 Å². The van der Waals surface area contributed by atoms with Gasteiger partial charge in [0.15, 0.2) is 18.1 Å². The zero-order valence-corrected chi connectivity index (χ0v) is 15.3. The normalized spacial score (nSPS) is 11.6. The molecule has 0 aliphatic rings. The average Bonchev–Trinajstić information content (AvgIpc) is 2.97. The number of nitrogens with one attached hydrogen (secondary N) is 1. The van der Waals surface area contributed by atoms with E-state index in [9.17, 15) is 9.59 Å². The molecule has 0 bridgehead atoms. The second kappa shape index (κ2) is 8.53. The molecular weight excluding hydrogens is 340 g/mol. The van der Waals surface area contributed by atoms with E-state index in [1.54, 1.807) is 29.5 Å². The van der Waals surface area contributed by atoms with Crippen LogP contribution in [0.25, 0.3) is 0 Å². The molecule has 0 saturated carbocycles. The van der Waals surface area contributed by atoms with Crippen LogP contribution in [-0.2, 0) is 11.2 Å². The molecule has 0 radical (unpaired) electrons. The fourth-order valence-corrected chi connectivity index (χ4v) is 3.35. The molecule has 6 nitrogen and oxygen atoms in total. The summed E-state index contributed by atoms with van der Waals surface area (Å²) in [4.78, 5) is 25.7. The summed E-state index contributed by atoms with van der Waals surface area (Å²) >= 11 is 1.73. The number of ether oxygens (including phenoxy) is 2. The molecule has 2 rings (SSSR count). The molecule has 7 heteroatoms. The van der Waals surface area contributed by atoms with E-state index in [0.717, 1.165) is 6.42 Å². The molecule has 2 aromatic rings. The fraction of sp³-hybridized carbons (Fsp3) is 0.333. The maximum atomic E-state index is 12.4. The standard InChI is InChI=1S/C18H22N2O4S/c1-11(8-14-6-4-12(2)25-14)20-18(22)13-5-7-15(16(9-13)23-3)24-10-17(19)21/h4-7,9,11H,8,10H2,1-3H3,(H2,19,21)(H,20,22). The van der Waals surface area contributed by atoms with Crippen LogP contribution in [0.15, 0.2) is 30.3 Å². The highest BCUT2D eigenvalue weighted by molar-refractivity contribution is 7.11. The predicted octanol–water partition coefficient (Wildman–Crippen LogP) is 2.29. The van der Waals surface area contributed by atoms with E-state index in [1.165, 1.54) is 16.9 Å². The molecule has 0 saturated heterocycles. The van der Waals surface area contributed by atoms with Crippen LogP contribution in [0.5, 0.6) is 11.5 Å². The molecular formula is C18H22N2O4S. The first-order valence-corrected chi connectivity index (χ1v) is 8.66. The first-order chi connectivity index (χ1) is 11.9. The number of amides is 2. The summed E-state index contributed by atoms with van der Waals surface area (Å²) < 4.78 is 10.5. The Labute approximate surface area is 150 Å². The van der Waals surface area contributed by atoms with Gasteiger partial charge in [-0.1, -0.05) is 0 Å². The molecule has 0 aliphatic heterocycles. The number of methoxy groups -OCH3 is 1. The van der Waals surface area contributed by atoms with Crippen LogP contribution < -0.4 is 20.5 Å². The second-order valence-electron chi connectivity index (χ2n) is 5.71. The number of benzene rings is 1. The third-order valence-electron chi connectivity index (χ3n) is 3.48. The highest BCUT2D eigenvalue weighted by Gasteiger charge is 2.14. The van der Waals surface area contributed by atoms with Crippen molar-refractivity contribution in [1.29, 1.82) is 0 Å². The molecule has 1 aromatic carbocycles. The zero-order chi connectivity index (χ0) is 18.4. The molecule has 3 N–H and O–H groups in total. The fourth-order valence-electron chi connectivity index (χ4n) is 2.33. The summed E-state index contributed by atoms with van der Waals surface area (Å²) in [6, 6.07) is 8.94. The Morgan fingerprint density at radius 3 is 2.60 bits per heavy atom. The lowest BCUT2D eigenvalue weighted by Gasteiger charge is -2.15. The number of hydrogen-bond acceptors (Lipinski definition) is 5. The van der Waals surface area contributed by atoms with Gasteiger partial charge in [-0.25, -0.2) is 0 Å². The van der Waals surface area contributed by atoms with Crippen molar-refractivity contribution in [2.24, 2.45) is 5.73 Å². The van der Waals surface area contributed by atoms with E-state index in [4.69, 9.17) is 15.2 Å². The van der Waals surface area contributed by atoms with E-state index in [0.29, 0.717) is 17.1 Å². The van der Waals surface area contributed by atoms with Crippen molar-refractivity contribution in [3.63, 3.8) is 0 Å². The molecule has 1 heterocycles. The van der Waals surface area contributed by atoms with Gasteiger partial charge in [0.25, 0.3) is 11.8 Å². The van der Waals surface area contributed by atoms with Crippen molar-refractivity contribution in [3.8, 4) is 11.5 Å². The van der Waals surface area contributed by atoms with Gasteiger partial charge in [0.1, 0.15) is 0 Å². The van der Waals surface area contributed by atoms with Crippen LogP contribution in [0.3, 0.4) is 0 Å². The van der Waals surface area contributed by atoms with E-state index >= 15 is 0 Å². The smallest absolute Gasteiger partial charge is 0.255 e. The number of aryl methyl sites for hydroxylation is 1. The number of carbonyl (C=O) groups is 2. The number of rotatable bonds is 8. The third kappa shape index (κ3) is 5.49. The number of carbonyl (C=O) groups excluding carboxylic acids is 2. The van der Waals surface area contributed by atoms with Gasteiger partial charge in [-0.3, -0.25) is 9.59 Å². The van der Waals surface area contributed by atoms with Gasteiger partial charge in [0.05, 0.1) is 7.11 Å².